The first-order valence-corrected chi connectivity index (χ1v) is 10.8. The summed E-state index contributed by atoms with van der Waals surface area (Å²) in [6, 6.07) is 0. The van der Waals surface area contributed by atoms with Crippen molar-refractivity contribution in [3.05, 3.63) is 0 Å². The lowest BCUT2D eigenvalue weighted by atomic mass is 10.0. The van der Waals surface area contributed by atoms with Crippen molar-refractivity contribution in [1.29, 1.82) is 0 Å². The zero-order valence-corrected chi connectivity index (χ0v) is 16.2. The summed E-state index contributed by atoms with van der Waals surface area (Å²) in [4.78, 5) is 18.5. The van der Waals surface area contributed by atoms with E-state index in [9.17, 15) is 14.4 Å². The Balaban J connectivity index is 3.33. The molecule has 0 saturated heterocycles. The van der Waals surface area contributed by atoms with Gasteiger partial charge in [0.1, 0.15) is 0 Å². The molecule has 0 rings (SSSR count). The molecule has 0 aliphatic carbocycles. The zero-order valence-electron chi connectivity index (χ0n) is 15.3. The van der Waals surface area contributed by atoms with Gasteiger partial charge in [-0.3, -0.25) is 4.57 Å². The van der Waals surface area contributed by atoms with Gasteiger partial charge in [0.25, 0.3) is 0 Å². The minimum absolute atomic E-state index is 0.618. The van der Waals surface area contributed by atoms with E-state index < -0.39 is 12.8 Å². The Hall–Kier alpha value is 0.150. The summed E-state index contributed by atoms with van der Waals surface area (Å²) in [6.07, 6.45) is 14.6. The molecule has 2 N–H and O–H groups in total. The second-order valence-electron chi connectivity index (χ2n) is 7.82. The minimum Gasteiger partial charge on any atom is -0.324 e. The van der Waals surface area contributed by atoms with Gasteiger partial charge in [0.15, 0.2) is 0 Å². The average molecular weight is 334 g/mol. The normalized spacial score (nSPS) is 13.0. The quantitative estimate of drug-likeness (QED) is 0.290. The van der Waals surface area contributed by atoms with Gasteiger partial charge in [-0.15, -0.1) is 0 Å². The molecule has 0 aliphatic rings. The van der Waals surface area contributed by atoms with Crippen LogP contribution in [-0.4, -0.2) is 14.9 Å². The summed E-state index contributed by atoms with van der Waals surface area (Å²) >= 11 is 0. The molecular weight excluding hydrogens is 295 g/mol. The molecule has 0 aliphatic heterocycles. The maximum atomic E-state index is 11.3. The molecule has 0 saturated carbocycles. The maximum absolute atomic E-state index is 11.3. The van der Waals surface area contributed by atoms with Crippen molar-refractivity contribution in [2.24, 2.45) is 5.92 Å². The highest BCUT2D eigenvalue weighted by molar-refractivity contribution is 7.53. The second-order valence-corrected chi connectivity index (χ2v) is 10.1. The van der Waals surface area contributed by atoms with Crippen LogP contribution in [0, 0.1) is 5.92 Å². The van der Waals surface area contributed by atoms with E-state index in [4.69, 9.17) is 0 Å². The van der Waals surface area contributed by atoms with E-state index in [0.717, 1.165) is 18.8 Å². The van der Waals surface area contributed by atoms with Gasteiger partial charge in [-0.05, 0) is 26.2 Å². The lowest BCUT2D eigenvalue weighted by molar-refractivity contribution is 0.326. The molecule has 0 radical (unpaired) electrons. The van der Waals surface area contributed by atoms with Crippen molar-refractivity contribution in [3.8, 4) is 0 Å². The van der Waals surface area contributed by atoms with E-state index in [2.05, 4.69) is 13.8 Å². The van der Waals surface area contributed by atoms with Crippen molar-refractivity contribution in [2.45, 2.75) is 110 Å². The van der Waals surface area contributed by atoms with Crippen LogP contribution in [0.5, 0.6) is 0 Å². The Kier molecular flexibility index (Phi) is 11.7. The Morgan fingerprint density at radius 1 is 0.773 bits per heavy atom. The highest BCUT2D eigenvalue weighted by atomic mass is 31.2. The monoisotopic (exact) mass is 334 g/mol. The highest BCUT2D eigenvalue weighted by Crippen LogP contribution is 2.52. The van der Waals surface area contributed by atoms with Gasteiger partial charge in [0.05, 0.1) is 5.16 Å². The predicted molar refractivity (Wildman–Crippen MR) is 96.4 cm³/mol. The highest BCUT2D eigenvalue weighted by Gasteiger charge is 2.36. The fraction of sp³-hybridized carbons (Fsp3) is 1.00. The molecule has 134 valence electrons. The molecule has 0 bridgehead atoms. The first-order valence-electron chi connectivity index (χ1n) is 9.22. The second kappa shape index (κ2) is 11.6. The van der Waals surface area contributed by atoms with Gasteiger partial charge < -0.3 is 9.79 Å². The molecule has 0 aromatic rings. The summed E-state index contributed by atoms with van der Waals surface area (Å²) < 4.78 is 11.3. The summed E-state index contributed by atoms with van der Waals surface area (Å²) in [7, 11) is -3.95. The van der Waals surface area contributed by atoms with Crippen molar-refractivity contribution < 1.29 is 14.4 Å². The third-order valence-corrected chi connectivity index (χ3v) is 6.41. The van der Waals surface area contributed by atoms with Crippen LogP contribution in [0.15, 0.2) is 0 Å². The van der Waals surface area contributed by atoms with Crippen LogP contribution in [0.4, 0.5) is 0 Å². The van der Waals surface area contributed by atoms with Gasteiger partial charge in [-0.2, -0.15) is 0 Å². The molecule has 0 aromatic carbocycles. The van der Waals surface area contributed by atoms with Crippen LogP contribution in [0.3, 0.4) is 0 Å². The Labute approximate surface area is 138 Å². The number of unbranched alkanes of at least 4 members (excludes halogenated alkanes) is 9. The zero-order chi connectivity index (χ0) is 17.1. The Bertz CT molecular complexity index is 307. The van der Waals surface area contributed by atoms with Gasteiger partial charge in [0.2, 0.25) is 0 Å². The molecule has 0 atom stereocenters. The van der Waals surface area contributed by atoms with Crippen LogP contribution in [-0.2, 0) is 4.57 Å². The fourth-order valence-electron chi connectivity index (χ4n) is 2.67. The SMILES string of the molecule is CC(C)CCCCCCCCCCCCC(C)(C)P(=O)(O)O. The van der Waals surface area contributed by atoms with Gasteiger partial charge in [0, 0.05) is 0 Å². The van der Waals surface area contributed by atoms with E-state index in [0.29, 0.717) is 6.42 Å². The van der Waals surface area contributed by atoms with E-state index in [-0.39, 0.29) is 0 Å². The van der Waals surface area contributed by atoms with Crippen LogP contribution in [0.1, 0.15) is 105 Å². The molecule has 22 heavy (non-hydrogen) atoms. The third-order valence-electron chi connectivity index (χ3n) is 4.61. The average Bonchev–Trinajstić information content (AvgIpc) is 2.38. The van der Waals surface area contributed by atoms with Crippen LogP contribution in [0.2, 0.25) is 0 Å². The molecule has 0 aromatic heterocycles. The van der Waals surface area contributed by atoms with Crippen molar-refractivity contribution in [2.75, 3.05) is 0 Å². The molecule has 0 fully saturated rings. The Morgan fingerprint density at radius 3 is 1.50 bits per heavy atom. The van der Waals surface area contributed by atoms with Gasteiger partial charge >= 0.3 is 7.60 Å². The smallest absolute Gasteiger partial charge is 0.324 e. The molecule has 0 unspecified atom stereocenters. The van der Waals surface area contributed by atoms with Crippen molar-refractivity contribution in [3.63, 3.8) is 0 Å². The first kappa shape index (κ1) is 22.1. The van der Waals surface area contributed by atoms with E-state index in [1.807, 2.05) is 0 Å². The van der Waals surface area contributed by atoms with Crippen LogP contribution >= 0.6 is 7.60 Å². The maximum Gasteiger partial charge on any atom is 0.331 e. The number of hydrogen-bond acceptors (Lipinski definition) is 1. The molecule has 3 nitrogen and oxygen atoms in total. The first-order chi connectivity index (χ1) is 10.2. The van der Waals surface area contributed by atoms with E-state index in [1.165, 1.54) is 57.8 Å². The van der Waals surface area contributed by atoms with Crippen molar-refractivity contribution in [1.82, 2.24) is 0 Å². The van der Waals surface area contributed by atoms with Gasteiger partial charge in [-0.25, -0.2) is 0 Å². The molecule has 0 amide bonds. The summed E-state index contributed by atoms with van der Waals surface area (Å²) in [5.41, 5.74) is 0. The van der Waals surface area contributed by atoms with E-state index in [1.54, 1.807) is 13.8 Å². The molecule has 4 heteroatoms. The Morgan fingerprint density at radius 2 is 1.14 bits per heavy atom. The topological polar surface area (TPSA) is 57.5 Å². The molecule has 0 spiro atoms. The fourth-order valence-corrected chi connectivity index (χ4v) is 3.12. The number of hydrogen-bond donors (Lipinski definition) is 2. The minimum atomic E-state index is -3.95. The van der Waals surface area contributed by atoms with Crippen LogP contribution in [0.25, 0.3) is 0 Å². The third kappa shape index (κ3) is 11.7. The van der Waals surface area contributed by atoms with E-state index >= 15 is 0 Å². The van der Waals surface area contributed by atoms with Crippen LogP contribution < -0.4 is 0 Å². The lowest BCUT2D eigenvalue weighted by Gasteiger charge is -2.25. The summed E-state index contributed by atoms with van der Waals surface area (Å²) in [6.45, 7) is 7.93. The predicted octanol–water partition coefficient (Wildman–Crippen LogP) is 6.28. The largest absolute Gasteiger partial charge is 0.331 e. The summed E-state index contributed by atoms with van der Waals surface area (Å²) in [5, 5.41) is -0.858. The molecular formula is C18H39O3P. The summed E-state index contributed by atoms with van der Waals surface area (Å²) in [5.74, 6) is 0.843. The van der Waals surface area contributed by atoms with Gasteiger partial charge in [-0.1, -0.05) is 84.5 Å². The van der Waals surface area contributed by atoms with Crippen molar-refractivity contribution >= 4 is 7.60 Å². The molecule has 0 heterocycles. The lowest BCUT2D eigenvalue weighted by Crippen LogP contribution is -2.19. The number of rotatable bonds is 14. The standard InChI is InChI=1S/C18H39O3P/c1-17(2)15-13-11-9-7-5-6-8-10-12-14-16-18(3,4)22(19,20)21/h17H,5-16H2,1-4H3,(H2,19,20,21).